The van der Waals surface area contributed by atoms with Crippen LogP contribution in [0.2, 0.25) is 0 Å². The van der Waals surface area contributed by atoms with Crippen molar-refractivity contribution in [2.45, 2.75) is 39.7 Å². The molecule has 1 unspecified atom stereocenters. The van der Waals surface area contributed by atoms with Crippen LogP contribution in [0.1, 0.15) is 45.2 Å². The molecule has 0 saturated carbocycles. The number of nitrogens with one attached hydrogen (secondary N) is 1. The Morgan fingerprint density at radius 2 is 1.75 bits per heavy atom. The SMILES string of the molecule is CNC(CCC(C)(C)C)c1ccc(F)cc1. The molecule has 1 atom stereocenters. The van der Waals surface area contributed by atoms with Crippen LogP contribution in [0.4, 0.5) is 4.39 Å². The molecular weight excluding hydrogens is 201 g/mol. The molecule has 1 rings (SSSR count). The minimum absolute atomic E-state index is 0.172. The van der Waals surface area contributed by atoms with Crippen LogP contribution in [0, 0.1) is 11.2 Å². The zero-order valence-electron chi connectivity index (χ0n) is 10.7. The highest BCUT2D eigenvalue weighted by Crippen LogP contribution is 2.27. The van der Waals surface area contributed by atoms with Gasteiger partial charge in [0.15, 0.2) is 0 Å². The van der Waals surface area contributed by atoms with Gasteiger partial charge in [-0.1, -0.05) is 32.9 Å². The average molecular weight is 223 g/mol. The van der Waals surface area contributed by atoms with Crippen LogP contribution in [-0.2, 0) is 0 Å². The summed E-state index contributed by atoms with van der Waals surface area (Å²) in [5, 5.41) is 3.29. The van der Waals surface area contributed by atoms with Crippen molar-refractivity contribution in [1.82, 2.24) is 5.32 Å². The quantitative estimate of drug-likeness (QED) is 0.816. The number of rotatable bonds is 4. The predicted molar refractivity (Wildman–Crippen MR) is 66.9 cm³/mol. The Balaban J connectivity index is 2.64. The van der Waals surface area contributed by atoms with Gasteiger partial charge in [0.05, 0.1) is 0 Å². The third-order valence-corrected chi connectivity index (χ3v) is 2.80. The first-order valence-electron chi connectivity index (χ1n) is 5.85. The summed E-state index contributed by atoms with van der Waals surface area (Å²) in [4.78, 5) is 0. The second kappa shape index (κ2) is 5.44. The fourth-order valence-corrected chi connectivity index (χ4v) is 1.75. The van der Waals surface area contributed by atoms with Crippen LogP contribution in [0.15, 0.2) is 24.3 Å². The van der Waals surface area contributed by atoms with Gasteiger partial charge in [0.1, 0.15) is 5.82 Å². The highest BCUT2D eigenvalue weighted by atomic mass is 19.1. The van der Waals surface area contributed by atoms with Crippen LogP contribution in [0.25, 0.3) is 0 Å². The van der Waals surface area contributed by atoms with Gasteiger partial charge in [-0.15, -0.1) is 0 Å². The second-order valence-electron chi connectivity index (χ2n) is 5.49. The Kier molecular flexibility index (Phi) is 4.48. The third-order valence-electron chi connectivity index (χ3n) is 2.80. The van der Waals surface area contributed by atoms with Crippen molar-refractivity contribution in [2.75, 3.05) is 7.05 Å². The average Bonchev–Trinajstić information content (AvgIpc) is 2.20. The van der Waals surface area contributed by atoms with Crippen molar-refractivity contribution in [2.24, 2.45) is 5.41 Å². The molecule has 90 valence electrons. The summed E-state index contributed by atoms with van der Waals surface area (Å²) in [6.45, 7) is 6.72. The highest BCUT2D eigenvalue weighted by molar-refractivity contribution is 5.19. The van der Waals surface area contributed by atoms with Gasteiger partial charge in [0, 0.05) is 6.04 Å². The molecule has 0 radical (unpaired) electrons. The van der Waals surface area contributed by atoms with Gasteiger partial charge in [0.2, 0.25) is 0 Å². The maximum absolute atomic E-state index is 12.8. The molecule has 1 aromatic rings. The number of halogens is 1. The lowest BCUT2D eigenvalue weighted by Crippen LogP contribution is -2.18. The lowest BCUT2D eigenvalue weighted by molar-refractivity contribution is 0.338. The van der Waals surface area contributed by atoms with Crippen LogP contribution >= 0.6 is 0 Å². The number of benzene rings is 1. The van der Waals surface area contributed by atoms with Crippen LogP contribution in [-0.4, -0.2) is 7.05 Å². The van der Waals surface area contributed by atoms with Crippen molar-refractivity contribution in [1.29, 1.82) is 0 Å². The lowest BCUT2D eigenvalue weighted by atomic mass is 9.87. The van der Waals surface area contributed by atoms with E-state index in [1.807, 2.05) is 19.2 Å². The Labute approximate surface area is 98.1 Å². The van der Waals surface area contributed by atoms with Gasteiger partial charge in [0.25, 0.3) is 0 Å². The van der Waals surface area contributed by atoms with Gasteiger partial charge in [-0.3, -0.25) is 0 Å². The first-order valence-corrected chi connectivity index (χ1v) is 5.85. The van der Waals surface area contributed by atoms with Crippen LogP contribution < -0.4 is 5.32 Å². The van der Waals surface area contributed by atoms with Crippen molar-refractivity contribution in [3.63, 3.8) is 0 Å². The van der Waals surface area contributed by atoms with E-state index in [2.05, 4.69) is 26.1 Å². The minimum Gasteiger partial charge on any atom is -0.313 e. The summed E-state index contributed by atoms with van der Waals surface area (Å²) >= 11 is 0. The van der Waals surface area contributed by atoms with Gasteiger partial charge >= 0.3 is 0 Å². The number of hydrogen-bond donors (Lipinski definition) is 1. The molecule has 0 aromatic heterocycles. The van der Waals surface area contributed by atoms with E-state index in [9.17, 15) is 4.39 Å². The molecule has 0 fully saturated rings. The summed E-state index contributed by atoms with van der Waals surface area (Å²) in [6, 6.07) is 7.09. The molecule has 2 heteroatoms. The van der Waals surface area contributed by atoms with E-state index in [0.29, 0.717) is 11.5 Å². The van der Waals surface area contributed by atoms with E-state index in [4.69, 9.17) is 0 Å². The van der Waals surface area contributed by atoms with E-state index in [-0.39, 0.29) is 5.82 Å². The normalized spacial score (nSPS) is 13.8. The van der Waals surface area contributed by atoms with Crippen molar-refractivity contribution >= 4 is 0 Å². The fourth-order valence-electron chi connectivity index (χ4n) is 1.75. The molecule has 1 N–H and O–H groups in total. The van der Waals surface area contributed by atoms with Crippen LogP contribution in [0.3, 0.4) is 0 Å². The molecule has 16 heavy (non-hydrogen) atoms. The van der Waals surface area contributed by atoms with E-state index >= 15 is 0 Å². The van der Waals surface area contributed by atoms with Gasteiger partial charge in [-0.2, -0.15) is 0 Å². The topological polar surface area (TPSA) is 12.0 Å². The summed E-state index contributed by atoms with van der Waals surface area (Å²) in [7, 11) is 1.96. The summed E-state index contributed by atoms with van der Waals surface area (Å²) in [6.07, 6.45) is 2.22. The molecular formula is C14H22FN. The summed E-state index contributed by atoms with van der Waals surface area (Å²) < 4.78 is 12.8. The van der Waals surface area contributed by atoms with Crippen molar-refractivity contribution in [3.05, 3.63) is 35.6 Å². The molecule has 0 spiro atoms. The lowest BCUT2D eigenvalue weighted by Gasteiger charge is -2.23. The molecule has 1 aromatic carbocycles. The van der Waals surface area contributed by atoms with Gasteiger partial charge in [-0.05, 0) is 43.0 Å². The predicted octanol–water partition coefficient (Wildman–Crippen LogP) is 3.91. The highest BCUT2D eigenvalue weighted by Gasteiger charge is 2.15. The standard InChI is InChI=1S/C14H22FN/c1-14(2,3)10-9-13(16-4)11-5-7-12(15)8-6-11/h5-8,13,16H,9-10H2,1-4H3. The molecule has 0 saturated heterocycles. The van der Waals surface area contributed by atoms with Crippen molar-refractivity contribution in [3.8, 4) is 0 Å². The molecule has 1 nitrogen and oxygen atoms in total. The fraction of sp³-hybridized carbons (Fsp3) is 0.571. The third kappa shape index (κ3) is 4.31. The Morgan fingerprint density at radius 1 is 1.19 bits per heavy atom. The van der Waals surface area contributed by atoms with Gasteiger partial charge < -0.3 is 5.32 Å². The summed E-state index contributed by atoms with van der Waals surface area (Å²) in [5.74, 6) is -0.172. The molecule has 0 bridgehead atoms. The van der Waals surface area contributed by atoms with E-state index in [0.717, 1.165) is 18.4 Å². The molecule has 0 heterocycles. The first kappa shape index (κ1) is 13.2. The largest absolute Gasteiger partial charge is 0.313 e. The molecule has 0 aliphatic rings. The van der Waals surface area contributed by atoms with E-state index < -0.39 is 0 Å². The maximum Gasteiger partial charge on any atom is 0.123 e. The number of hydrogen-bond acceptors (Lipinski definition) is 1. The zero-order chi connectivity index (χ0) is 12.2. The van der Waals surface area contributed by atoms with E-state index in [1.54, 1.807) is 0 Å². The smallest absolute Gasteiger partial charge is 0.123 e. The Bertz CT molecular complexity index is 311. The van der Waals surface area contributed by atoms with Crippen LogP contribution in [0.5, 0.6) is 0 Å². The zero-order valence-corrected chi connectivity index (χ0v) is 10.7. The molecule has 0 amide bonds. The molecule has 0 aliphatic carbocycles. The van der Waals surface area contributed by atoms with Crippen molar-refractivity contribution < 1.29 is 4.39 Å². The second-order valence-corrected chi connectivity index (χ2v) is 5.49. The maximum atomic E-state index is 12.8. The Hall–Kier alpha value is -0.890. The van der Waals surface area contributed by atoms with E-state index in [1.165, 1.54) is 12.1 Å². The minimum atomic E-state index is -0.172. The monoisotopic (exact) mass is 223 g/mol. The van der Waals surface area contributed by atoms with Gasteiger partial charge in [-0.25, -0.2) is 4.39 Å². The molecule has 0 aliphatic heterocycles. The first-order chi connectivity index (χ1) is 7.42. The summed E-state index contributed by atoms with van der Waals surface area (Å²) in [5.41, 5.74) is 1.50. The Morgan fingerprint density at radius 3 is 2.19 bits per heavy atom.